The van der Waals surface area contributed by atoms with E-state index in [1.54, 1.807) is 36.4 Å². The van der Waals surface area contributed by atoms with Gasteiger partial charge in [-0.2, -0.15) is 0 Å². The maximum atomic E-state index is 13.8. The third-order valence-corrected chi connectivity index (χ3v) is 7.86. The number of hydrogen-bond donors (Lipinski definition) is 1. The standard InChI is InChI=1S/C28H33N3O5S/c1-5-26(28(33)29-3)30(19-22-9-7-6-8-10-22)27(32)20-31(23-13-15-24(36-4)16-14-23)37(34,35)25-17-11-21(2)12-18-25/h6-18,26H,5,19-20H2,1-4H3,(H,29,33)/t26-/m1/s1. The van der Waals surface area contributed by atoms with Crippen molar-refractivity contribution >= 4 is 27.5 Å². The van der Waals surface area contributed by atoms with E-state index in [9.17, 15) is 18.0 Å². The number of nitrogens with zero attached hydrogens (tertiary/aromatic N) is 2. The number of carbonyl (C=O) groups excluding carboxylic acids is 2. The highest BCUT2D eigenvalue weighted by molar-refractivity contribution is 7.92. The molecule has 0 aromatic heterocycles. The number of hydrogen-bond acceptors (Lipinski definition) is 5. The summed E-state index contributed by atoms with van der Waals surface area (Å²) in [5.74, 6) is -0.255. The van der Waals surface area contributed by atoms with Gasteiger partial charge in [0.1, 0.15) is 18.3 Å². The molecule has 0 bridgehead atoms. The number of carbonyl (C=O) groups is 2. The lowest BCUT2D eigenvalue weighted by Gasteiger charge is -2.33. The number of rotatable bonds is 11. The van der Waals surface area contributed by atoms with Crippen LogP contribution in [0.5, 0.6) is 5.75 Å². The van der Waals surface area contributed by atoms with Crippen molar-refractivity contribution in [3.8, 4) is 5.75 Å². The van der Waals surface area contributed by atoms with E-state index in [1.165, 1.54) is 31.2 Å². The first-order chi connectivity index (χ1) is 17.7. The summed E-state index contributed by atoms with van der Waals surface area (Å²) < 4.78 is 33.9. The van der Waals surface area contributed by atoms with Crippen LogP contribution in [0.15, 0.2) is 83.8 Å². The summed E-state index contributed by atoms with van der Waals surface area (Å²) in [6.07, 6.45) is 0.367. The van der Waals surface area contributed by atoms with Gasteiger partial charge < -0.3 is 15.0 Å². The van der Waals surface area contributed by atoms with Crippen molar-refractivity contribution in [1.29, 1.82) is 0 Å². The molecule has 0 heterocycles. The molecule has 0 radical (unpaired) electrons. The molecule has 3 aromatic rings. The van der Waals surface area contributed by atoms with E-state index in [0.29, 0.717) is 17.9 Å². The van der Waals surface area contributed by atoms with Gasteiger partial charge in [0.15, 0.2) is 0 Å². The van der Waals surface area contributed by atoms with E-state index in [2.05, 4.69) is 5.32 Å². The normalized spacial score (nSPS) is 11.9. The Kier molecular flexibility index (Phi) is 9.30. The van der Waals surface area contributed by atoms with Gasteiger partial charge in [0.25, 0.3) is 10.0 Å². The van der Waals surface area contributed by atoms with Crippen molar-refractivity contribution in [2.24, 2.45) is 0 Å². The number of amides is 2. The third kappa shape index (κ3) is 6.68. The van der Waals surface area contributed by atoms with Crippen LogP contribution in [0.1, 0.15) is 24.5 Å². The van der Waals surface area contributed by atoms with E-state index < -0.39 is 28.5 Å². The van der Waals surface area contributed by atoms with Crippen LogP contribution >= 0.6 is 0 Å². The first kappa shape index (κ1) is 27.7. The highest BCUT2D eigenvalue weighted by atomic mass is 32.2. The minimum absolute atomic E-state index is 0.0645. The number of sulfonamides is 1. The number of anilines is 1. The van der Waals surface area contributed by atoms with Gasteiger partial charge in [-0.05, 0) is 55.3 Å². The summed E-state index contributed by atoms with van der Waals surface area (Å²) in [4.78, 5) is 28.0. The number of nitrogens with one attached hydrogen (secondary N) is 1. The average molecular weight is 524 g/mol. The Balaban J connectivity index is 2.05. The Morgan fingerprint density at radius 2 is 1.57 bits per heavy atom. The van der Waals surface area contributed by atoms with Crippen LogP contribution in [-0.4, -0.2) is 51.9 Å². The maximum Gasteiger partial charge on any atom is 0.264 e. The van der Waals surface area contributed by atoms with Crippen molar-refractivity contribution in [2.45, 2.75) is 37.8 Å². The number of methoxy groups -OCH3 is 1. The van der Waals surface area contributed by atoms with Crippen molar-refractivity contribution in [2.75, 3.05) is 25.0 Å². The predicted octanol–water partition coefficient (Wildman–Crippen LogP) is 3.75. The molecule has 0 aliphatic carbocycles. The number of likely N-dealkylation sites (N-methyl/N-ethyl adjacent to an activating group) is 1. The summed E-state index contributed by atoms with van der Waals surface area (Å²) in [5, 5.41) is 2.62. The molecule has 3 aromatic carbocycles. The second kappa shape index (κ2) is 12.4. The average Bonchev–Trinajstić information content (AvgIpc) is 2.92. The molecule has 8 nitrogen and oxygen atoms in total. The van der Waals surface area contributed by atoms with E-state index in [0.717, 1.165) is 15.4 Å². The SMILES string of the molecule is CC[C@H](C(=O)NC)N(Cc1ccccc1)C(=O)CN(c1ccc(OC)cc1)S(=O)(=O)c1ccc(C)cc1. The van der Waals surface area contributed by atoms with Gasteiger partial charge in [0.05, 0.1) is 17.7 Å². The smallest absolute Gasteiger partial charge is 0.264 e. The fourth-order valence-corrected chi connectivity index (χ4v) is 5.40. The molecule has 1 N–H and O–H groups in total. The molecule has 0 saturated heterocycles. The Morgan fingerprint density at radius 3 is 2.11 bits per heavy atom. The van der Waals surface area contributed by atoms with Crippen molar-refractivity contribution in [1.82, 2.24) is 10.2 Å². The molecule has 0 aliphatic rings. The Bertz CT molecular complexity index is 1290. The van der Waals surface area contributed by atoms with Gasteiger partial charge in [0.2, 0.25) is 11.8 Å². The number of ether oxygens (including phenoxy) is 1. The molecule has 1 atom stereocenters. The Morgan fingerprint density at radius 1 is 0.946 bits per heavy atom. The molecule has 9 heteroatoms. The second-order valence-corrected chi connectivity index (χ2v) is 10.4. The topological polar surface area (TPSA) is 96.0 Å². The molecule has 37 heavy (non-hydrogen) atoms. The van der Waals surface area contributed by atoms with Crippen molar-refractivity contribution < 1.29 is 22.7 Å². The summed E-state index contributed by atoms with van der Waals surface area (Å²) >= 11 is 0. The molecule has 196 valence electrons. The third-order valence-electron chi connectivity index (χ3n) is 6.08. The van der Waals surface area contributed by atoms with Gasteiger partial charge in [-0.15, -0.1) is 0 Å². The van der Waals surface area contributed by atoms with Crippen LogP contribution in [0.25, 0.3) is 0 Å². The Hall–Kier alpha value is -3.85. The maximum absolute atomic E-state index is 13.8. The van der Waals surface area contributed by atoms with E-state index in [1.807, 2.05) is 44.2 Å². The highest BCUT2D eigenvalue weighted by Crippen LogP contribution is 2.27. The lowest BCUT2D eigenvalue weighted by atomic mass is 10.1. The minimum Gasteiger partial charge on any atom is -0.497 e. The first-order valence-electron chi connectivity index (χ1n) is 12.0. The largest absolute Gasteiger partial charge is 0.497 e. The van der Waals surface area contributed by atoms with Crippen molar-refractivity contribution in [3.63, 3.8) is 0 Å². The van der Waals surface area contributed by atoms with Crippen LogP contribution in [-0.2, 0) is 26.2 Å². The summed E-state index contributed by atoms with van der Waals surface area (Å²) in [6.45, 7) is 3.36. The fourth-order valence-electron chi connectivity index (χ4n) is 3.98. The molecule has 0 spiro atoms. The summed E-state index contributed by atoms with van der Waals surface area (Å²) in [6, 6.07) is 21.4. The fraction of sp³-hybridized carbons (Fsp3) is 0.286. The van der Waals surface area contributed by atoms with Crippen molar-refractivity contribution in [3.05, 3.63) is 90.0 Å². The molecule has 0 unspecified atom stereocenters. The Labute approximate surface area is 218 Å². The van der Waals surface area contributed by atoms with Crippen LogP contribution < -0.4 is 14.4 Å². The number of aryl methyl sites for hydroxylation is 1. The van der Waals surface area contributed by atoms with Crippen LogP contribution in [0.3, 0.4) is 0 Å². The molecule has 0 aliphatic heterocycles. The molecule has 2 amide bonds. The van der Waals surface area contributed by atoms with Crippen LogP contribution in [0.2, 0.25) is 0 Å². The highest BCUT2D eigenvalue weighted by Gasteiger charge is 2.33. The monoisotopic (exact) mass is 523 g/mol. The molecular weight excluding hydrogens is 490 g/mol. The first-order valence-corrected chi connectivity index (χ1v) is 13.4. The molecule has 3 rings (SSSR count). The van der Waals surface area contributed by atoms with E-state index in [4.69, 9.17) is 4.74 Å². The van der Waals surface area contributed by atoms with E-state index in [-0.39, 0.29) is 17.3 Å². The second-order valence-electron chi connectivity index (χ2n) is 8.57. The van der Waals surface area contributed by atoms with Gasteiger partial charge in [0, 0.05) is 13.6 Å². The van der Waals surface area contributed by atoms with Gasteiger partial charge >= 0.3 is 0 Å². The van der Waals surface area contributed by atoms with Crippen LogP contribution in [0.4, 0.5) is 5.69 Å². The zero-order valence-corrected chi connectivity index (χ0v) is 22.4. The van der Waals surface area contributed by atoms with Crippen LogP contribution in [0, 0.1) is 6.92 Å². The van der Waals surface area contributed by atoms with Gasteiger partial charge in [-0.1, -0.05) is 55.0 Å². The lowest BCUT2D eigenvalue weighted by Crippen LogP contribution is -2.51. The van der Waals surface area contributed by atoms with E-state index >= 15 is 0 Å². The zero-order chi connectivity index (χ0) is 27.0. The molecule has 0 saturated carbocycles. The molecule has 0 fully saturated rings. The summed E-state index contributed by atoms with van der Waals surface area (Å²) in [7, 11) is -1.07. The van der Waals surface area contributed by atoms with Gasteiger partial charge in [-0.3, -0.25) is 13.9 Å². The zero-order valence-electron chi connectivity index (χ0n) is 21.5. The predicted molar refractivity (Wildman–Crippen MR) is 144 cm³/mol. The van der Waals surface area contributed by atoms with Gasteiger partial charge in [-0.25, -0.2) is 8.42 Å². The number of benzene rings is 3. The molecular formula is C28H33N3O5S. The quantitative estimate of drug-likeness (QED) is 0.413. The minimum atomic E-state index is -4.11. The summed E-state index contributed by atoms with van der Waals surface area (Å²) in [5.41, 5.74) is 2.05. The lowest BCUT2D eigenvalue weighted by molar-refractivity contribution is -0.140.